The third-order valence-electron chi connectivity index (χ3n) is 4.33. The molecule has 0 saturated carbocycles. The van der Waals surface area contributed by atoms with Crippen LogP contribution in [0.15, 0.2) is 36.7 Å². The van der Waals surface area contributed by atoms with Crippen molar-refractivity contribution in [2.24, 2.45) is 12.8 Å². The van der Waals surface area contributed by atoms with Gasteiger partial charge in [-0.25, -0.2) is 9.78 Å². The molecule has 0 bridgehead atoms. The number of piperazine rings is 1. The Morgan fingerprint density at radius 3 is 2.69 bits per heavy atom. The SMILES string of the molecule is Cl.Cn1ccnc1C1CNCCN1C(=O)c1ccc(CNC(N)=O)cc1. The predicted octanol–water partition coefficient (Wildman–Crippen LogP) is 0.797. The largest absolute Gasteiger partial charge is 0.352 e. The van der Waals surface area contributed by atoms with Crippen LogP contribution >= 0.6 is 12.4 Å². The van der Waals surface area contributed by atoms with Crippen LogP contribution in [0.25, 0.3) is 0 Å². The van der Waals surface area contributed by atoms with Crippen LogP contribution in [0, 0.1) is 0 Å². The van der Waals surface area contributed by atoms with Crippen molar-refractivity contribution >= 4 is 24.3 Å². The van der Waals surface area contributed by atoms with E-state index in [0.29, 0.717) is 25.2 Å². The van der Waals surface area contributed by atoms with Crippen molar-refractivity contribution < 1.29 is 9.59 Å². The highest BCUT2D eigenvalue weighted by atomic mass is 35.5. The van der Waals surface area contributed by atoms with E-state index in [1.165, 1.54) is 0 Å². The summed E-state index contributed by atoms with van der Waals surface area (Å²) in [6.07, 6.45) is 3.63. The fourth-order valence-corrected chi connectivity index (χ4v) is 3.00. The molecule has 3 rings (SSSR count). The van der Waals surface area contributed by atoms with Gasteiger partial charge in [0.15, 0.2) is 0 Å². The molecule has 1 aliphatic heterocycles. The van der Waals surface area contributed by atoms with Crippen LogP contribution in [0.5, 0.6) is 0 Å². The maximum Gasteiger partial charge on any atom is 0.312 e. The summed E-state index contributed by atoms with van der Waals surface area (Å²) in [5.41, 5.74) is 6.57. The quantitative estimate of drug-likeness (QED) is 0.731. The Morgan fingerprint density at radius 1 is 1.35 bits per heavy atom. The molecule has 9 heteroatoms. The highest BCUT2D eigenvalue weighted by Crippen LogP contribution is 2.22. The number of nitrogens with one attached hydrogen (secondary N) is 2. The predicted molar refractivity (Wildman–Crippen MR) is 100.0 cm³/mol. The van der Waals surface area contributed by atoms with E-state index in [0.717, 1.165) is 17.9 Å². The summed E-state index contributed by atoms with van der Waals surface area (Å²) in [6, 6.07) is 6.52. The Labute approximate surface area is 158 Å². The van der Waals surface area contributed by atoms with Gasteiger partial charge in [-0.1, -0.05) is 12.1 Å². The molecule has 1 atom stereocenters. The molecule has 1 aliphatic rings. The van der Waals surface area contributed by atoms with Crippen LogP contribution < -0.4 is 16.4 Å². The summed E-state index contributed by atoms with van der Waals surface area (Å²) < 4.78 is 1.94. The van der Waals surface area contributed by atoms with E-state index in [2.05, 4.69) is 15.6 Å². The Morgan fingerprint density at radius 2 is 2.08 bits per heavy atom. The standard InChI is InChI=1S/C17H22N6O2.ClH/c1-22-8-7-20-15(22)14-11-19-6-9-23(14)16(24)13-4-2-12(3-5-13)10-21-17(18)25;/h2-5,7-8,14,19H,6,9-11H2,1H3,(H3,18,21,25);1H. The Balaban J connectivity index is 0.00000243. The van der Waals surface area contributed by atoms with Crippen LogP contribution in [0.1, 0.15) is 27.8 Å². The minimum atomic E-state index is -0.570. The smallest absolute Gasteiger partial charge is 0.312 e. The van der Waals surface area contributed by atoms with Gasteiger partial charge in [-0.15, -0.1) is 12.4 Å². The normalized spacial score (nSPS) is 16.7. The number of hydrogen-bond acceptors (Lipinski definition) is 4. The van der Waals surface area contributed by atoms with Gasteiger partial charge < -0.3 is 25.8 Å². The zero-order valence-corrected chi connectivity index (χ0v) is 15.3. The first-order valence-corrected chi connectivity index (χ1v) is 8.17. The molecule has 3 amide bonds. The number of aromatic nitrogens is 2. The van der Waals surface area contributed by atoms with Crippen molar-refractivity contribution in [1.82, 2.24) is 25.1 Å². The third kappa shape index (κ3) is 4.33. The second-order valence-corrected chi connectivity index (χ2v) is 6.03. The molecule has 1 aromatic carbocycles. The van der Waals surface area contributed by atoms with E-state index in [1.807, 2.05) is 34.8 Å². The Hall–Kier alpha value is -2.58. The number of primary amides is 1. The van der Waals surface area contributed by atoms with E-state index in [9.17, 15) is 9.59 Å². The van der Waals surface area contributed by atoms with Crippen LogP contribution in [-0.2, 0) is 13.6 Å². The van der Waals surface area contributed by atoms with Gasteiger partial charge in [0.2, 0.25) is 0 Å². The maximum absolute atomic E-state index is 13.0. The summed E-state index contributed by atoms with van der Waals surface area (Å²) in [4.78, 5) is 30.0. The van der Waals surface area contributed by atoms with Crippen molar-refractivity contribution in [3.05, 3.63) is 53.6 Å². The number of imidazole rings is 1. The lowest BCUT2D eigenvalue weighted by molar-refractivity contribution is 0.0621. The van der Waals surface area contributed by atoms with Gasteiger partial charge in [0.05, 0.1) is 0 Å². The van der Waals surface area contributed by atoms with Crippen molar-refractivity contribution in [3.63, 3.8) is 0 Å². The minimum absolute atomic E-state index is 0. The molecule has 1 unspecified atom stereocenters. The molecule has 8 nitrogen and oxygen atoms in total. The summed E-state index contributed by atoms with van der Waals surface area (Å²) in [7, 11) is 1.93. The number of amides is 3. The average Bonchev–Trinajstić information content (AvgIpc) is 3.05. The number of rotatable bonds is 4. The van der Waals surface area contributed by atoms with Crippen LogP contribution in [-0.4, -0.2) is 46.0 Å². The number of benzene rings is 1. The third-order valence-corrected chi connectivity index (χ3v) is 4.33. The first-order chi connectivity index (χ1) is 12.1. The number of carbonyl (C=O) groups excluding carboxylic acids is 2. The van der Waals surface area contributed by atoms with Gasteiger partial charge >= 0.3 is 6.03 Å². The van der Waals surface area contributed by atoms with Gasteiger partial charge in [0.25, 0.3) is 5.91 Å². The minimum Gasteiger partial charge on any atom is -0.352 e. The molecule has 1 aromatic heterocycles. The van der Waals surface area contributed by atoms with Crippen molar-refractivity contribution in [2.45, 2.75) is 12.6 Å². The zero-order chi connectivity index (χ0) is 17.8. The fraction of sp³-hybridized carbons (Fsp3) is 0.353. The van der Waals surface area contributed by atoms with E-state index in [-0.39, 0.29) is 24.4 Å². The Kier molecular flexibility index (Phi) is 6.59. The first-order valence-electron chi connectivity index (χ1n) is 8.17. The summed E-state index contributed by atoms with van der Waals surface area (Å²) >= 11 is 0. The van der Waals surface area contributed by atoms with E-state index < -0.39 is 6.03 Å². The molecular formula is C17H23ClN6O2. The van der Waals surface area contributed by atoms with Crippen molar-refractivity contribution in [1.29, 1.82) is 0 Å². The van der Waals surface area contributed by atoms with E-state index in [4.69, 9.17) is 5.73 Å². The highest BCUT2D eigenvalue weighted by Gasteiger charge is 2.30. The first kappa shape index (κ1) is 19.7. The molecule has 0 aliphatic carbocycles. The number of carbonyl (C=O) groups is 2. The lowest BCUT2D eigenvalue weighted by atomic mass is 10.1. The summed E-state index contributed by atoms with van der Waals surface area (Å²) in [5.74, 6) is 0.840. The fourth-order valence-electron chi connectivity index (χ4n) is 3.00. The zero-order valence-electron chi connectivity index (χ0n) is 14.5. The number of urea groups is 1. The number of nitrogens with two attached hydrogens (primary N) is 1. The van der Waals surface area contributed by atoms with Gasteiger partial charge in [0.1, 0.15) is 11.9 Å². The molecule has 2 aromatic rings. The highest BCUT2D eigenvalue weighted by molar-refractivity contribution is 5.94. The molecule has 4 N–H and O–H groups in total. The van der Waals surface area contributed by atoms with Gasteiger partial charge in [-0.2, -0.15) is 0 Å². The molecule has 2 heterocycles. The van der Waals surface area contributed by atoms with Gasteiger partial charge in [0, 0.05) is 51.2 Å². The number of halogens is 1. The van der Waals surface area contributed by atoms with Crippen LogP contribution in [0.4, 0.5) is 4.79 Å². The second kappa shape index (κ2) is 8.68. The molecule has 140 valence electrons. The van der Waals surface area contributed by atoms with E-state index >= 15 is 0 Å². The molecule has 26 heavy (non-hydrogen) atoms. The van der Waals surface area contributed by atoms with E-state index in [1.54, 1.807) is 18.3 Å². The van der Waals surface area contributed by atoms with Crippen LogP contribution in [0.2, 0.25) is 0 Å². The van der Waals surface area contributed by atoms with Gasteiger partial charge in [-0.05, 0) is 17.7 Å². The lowest BCUT2D eigenvalue weighted by Gasteiger charge is -2.35. The molecule has 0 radical (unpaired) electrons. The lowest BCUT2D eigenvalue weighted by Crippen LogP contribution is -2.49. The topological polar surface area (TPSA) is 105 Å². The molecule has 1 fully saturated rings. The number of nitrogens with zero attached hydrogens (tertiary/aromatic N) is 3. The van der Waals surface area contributed by atoms with Crippen molar-refractivity contribution in [2.75, 3.05) is 19.6 Å². The summed E-state index contributed by atoms with van der Waals surface area (Å²) in [5, 5.41) is 5.85. The summed E-state index contributed by atoms with van der Waals surface area (Å²) in [6.45, 7) is 2.40. The number of aryl methyl sites for hydroxylation is 1. The average molecular weight is 379 g/mol. The Bertz CT molecular complexity index is 761. The van der Waals surface area contributed by atoms with Crippen molar-refractivity contribution in [3.8, 4) is 0 Å². The van der Waals surface area contributed by atoms with Crippen LogP contribution in [0.3, 0.4) is 0 Å². The monoisotopic (exact) mass is 378 g/mol. The molecular weight excluding hydrogens is 356 g/mol. The second-order valence-electron chi connectivity index (χ2n) is 6.03. The molecule has 0 spiro atoms. The number of hydrogen-bond donors (Lipinski definition) is 3. The maximum atomic E-state index is 13.0. The van der Waals surface area contributed by atoms with Gasteiger partial charge in [-0.3, -0.25) is 4.79 Å². The molecule has 1 saturated heterocycles.